The van der Waals surface area contributed by atoms with Crippen molar-refractivity contribution < 1.29 is 8.42 Å². The smallest absolute Gasteiger partial charge is 0.212 e. The first kappa shape index (κ1) is 10.1. The minimum atomic E-state index is -2.91. The van der Waals surface area contributed by atoms with Gasteiger partial charge in [-0.15, -0.1) is 0 Å². The van der Waals surface area contributed by atoms with Crippen LogP contribution in [0.3, 0.4) is 0 Å². The fraction of sp³-hybridized carbons (Fsp3) is 0.714. The average Bonchev–Trinajstić information content (AvgIpc) is 2.32. The van der Waals surface area contributed by atoms with Gasteiger partial charge in [-0.3, -0.25) is 0 Å². The van der Waals surface area contributed by atoms with E-state index in [1.165, 1.54) is 4.31 Å². The Morgan fingerprint density at radius 2 is 2.17 bits per heavy atom. The number of sulfonamides is 1. The van der Waals surface area contributed by atoms with Crippen molar-refractivity contribution in [3.63, 3.8) is 0 Å². The number of nitrogens with zero attached hydrogens (tertiary/aromatic N) is 1. The molecule has 0 aromatic rings. The molecule has 0 aromatic carbocycles. The Hall–Kier alpha value is -0.000000000000000111. The second-order valence-corrected chi connectivity index (χ2v) is 5.14. The van der Waals surface area contributed by atoms with Crippen molar-refractivity contribution in [3.05, 3.63) is 12.2 Å². The quantitative estimate of drug-likeness (QED) is 0.541. The van der Waals surface area contributed by atoms with Crippen molar-refractivity contribution in [1.29, 1.82) is 0 Å². The molecule has 5 heteroatoms. The molecule has 0 radical (unpaired) electrons. The van der Waals surface area contributed by atoms with Gasteiger partial charge in [0.05, 0.1) is 5.75 Å². The van der Waals surface area contributed by atoms with E-state index < -0.39 is 10.0 Å². The van der Waals surface area contributed by atoms with Gasteiger partial charge in [0, 0.05) is 18.8 Å². The Morgan fingerprint density at radius 1 is 1.42 bits per heavy atom. The minimum Gasteiger partial charge on any atom is -0.212 e. The molecule has 1 fully saturated rings. The van der Waals surface area contributed by atoms with Gasteiger partial charge < -0.3 is 0 Å². The largest absolute Gasteiger partial charge is 0.214 e. The lowest BCUT2D eigenvalue weighted by molar-refractivity contribution is 0.478. The third-order valence-electron chi connectivity index (χ3n) is 1.78. The first-order chi connectivity index (χ1) is 5.67. The predicted octanol–water partition coefficient (Wildman–Crippen LogP) is 0.508. The number of hydrogen-bond donors (Lipinski definition) is 1. The van der Waals surface area contributed by atoms with Crippen molar-refractivity contribution >= 4 is 22.7 Å². The highest BCUT2D eigenvalue weighted by atomic mass is 32.2. The molecule has 1 aliphatic rings. The maximum atomic E-state index is 11.2. The van der Waals surface area contributed by atoms with Crippen LogP contribution in [0.25, 0.3) is 0 Å². The number of thiol groups is 1. The molecule has 0 saturated carbocycles. The van der Waals surface area contributed by atoms with Crippen LogP contribution >= 0.6 is 12.6 Å². The molecule has 12 heavy (non-hydrogen) atoms. The average molecular weight is 207 g/mol. The molecular formula is C7H13NO2S2. The van der Waals surface area contributed by atoms with Gasteiger partial charge >= 0.3 is 0 Å². The Kier molecular flexibility index (Phi) is 3.61. The predicted molar refractivity (Wildman–Crippen MR) is 53.0 cm³/mol. The van der Waals surface area contributed by atoms with Gasteiger partial charge in [0.1, 0.15) is 0 Å². The van der Waals surface area contributed by atoms with E-state index >= 15 is 0 Å². The van der Waals surface area contributed by atoms with E-state index in [2.05, 4.69) is 12.6 Å². The zero-order chi connectivity index (χ0) is 9.03. The SMILES string of the molecule is O=S1(=O)CCCN1CC=CCS. The third kappa shape index (κ3) is 2.50. The van der Waals surface area contributed by atoms with Gasteiger partial charge in [0.15, 0.2) is 0 Å². The Morgan fingerprint density at radius 3 is 2.67 bits per heavy atom. The fourth-order valence-corrected chi connectivity index (χ4v) is 2.78. The summed E-state index contributed by atoms with van der Waals surface area (Å²) in [6, 6.07) is 0. The van der Waals surface area contributed by atoms with Gasteiger partial charge in [-0.05, 0) is 6.42 Å². The summed E-state index contributed by atoms with van der Waals surface area (Å²) in [4.78, 5) is 0. The topological polar surface area (TPSA) is 37.4 Å². The second kappa shape index (κ2) is 4.30. The van der Waals surface area contributed by atoms with Gasteiger partial charge in [-0.25, -0.2) is 8.42 Å². The lowest BCUT2D eigenvalue weighted by Gasteiger charge is -2.10. The van der Waals surface area contributed by atoms with Crippen LogP contribution in [0.1, 0.15) is 6.42 Å². The lowest BCUT2D eigenvalue weighted by atomic mass is 10.4. The summed E-state index contributed by atoms with van der Waals surface area (Å²) in [7, 11) is -2.91. The summed E-state index contributed by atoms with van der Waals surface area (Å²) in [6.07, 6.45) is 4.46. The molecule has 1 aliphatic heterocycles. The van der Waals surface area contributed by atoms with E-state index in [-0.39, 0.29) is 0 Å². The monoisotopic (exact) mass is 207 g/mol. The molecule has 3 nitrogen and oxygen atoms in total. The van der Waals surface area contributed by atoms with E-state index in [1.807, 2.05) is 12.2 Å². The van der Waals surface area contributed by atoms with Crippen molar-refractivity contribution in [2.45, 2.75) is 6.42 Å². The highest BCUT2D eigenvalue weighted by Gasteiger charge is 2.26. The van der Waals surface area contributed by atoms with E-state index in [9.17, 15) is 8.42 Å². The van der Waals surface area contributed by atoms with E-state index in [1.54, 1.807) is 0 Å². The highest BCUT2D eigenvalue weighted by molar-refractivity contribution is 7.89. The van der Waals surface area contributed by atoms with Gasteiger partial charge in [-0.1, -0.05) is 12.2 Å². The minimum absolute atomic E-state index is 0.307. The molecule has 0 aliphatic carbocycles. The molecule has 0 N–H and O–H groups in total. The molecule has 1 saturated heterocycles. The number of hydrogen-bond acceptors (Lipinski definition) is 3. The molecule has 0 bridgehead atoms. The summed E-state index contributed by atoms with van der Waals surface area (Å²) in [6.45, 7) is 1.17. The molecule has 1 heterocycles. The van der Waals surface area contributed by atoms with Gasteiger partial charge in [0.2, 0.25) is 10.0 Å². The van der Waals surface area contributed by atoms with Crippen molar-refractivity contribution in [3.8, 4) is 0 Å². The molecular weight excluding hydrogens is 194 g/mol. The molecule has 0 unspecified atom stereocenters. The van der Waals surface area contributed by atoms with Crippen LogP contribution in [-0.4, -0.2) is 37.3 Å². The maximum Gasteiger partial charge on any atom is 0.214 e. The molecule has 70 valence electrons. The highest BCUT2D eigenvalue weighted by Crippen LogP contribution is 2.12. The van der Waals surface area contributed by atoms with Crippen LogP contribution in [0.15, 0.2) is 12.2 Å². The number of rotatable bonds is 3. The molecule has 0 spiro atoms. The molecule has 0 atom stereocenters. The Bertz CT molecular complexity index is 259. The summed E-state index contributed by atoms with van der Waals surface area (Å²) < 4.78 is 24.0. The standard InChI is InChI=1S/C7H13NO2S2/c9-12(10)7-3-5-8(12)4-1-2-6-11/h1-2,11H,3-7H2. The zero-order valence-corrected chi connectivity index (χ0v) is 8.52. The van der Waals surface area contributed by atoms with Crippen LogP contribution in [0, 0.1) is 0 Å². The summed E-state index contributed by atoms with van der Waals surface area (Å²) in [5, 5.41) is 0. The van der Waals surface area contributed by atoms with Gasteiger partial charge in [-0.2, -0.15) is 16.9 Å². The summed E-state index contributed by atoms with van der Waals surface area (Å²) in [5.74, 6) is 0.968. The van der Waals surface area contributed by atoms with Crippen LogP contribution in [0.2, 0.25) is 0 Å². The summed E-state index contributed by atoms with van der Waals surface area (Å²) >= 11 is 3.99. The molecule has 0 aromatic heterocycles. The van der Waals surface area contributed by atoms with E-state index in [0.717, 1.165) is 6.42 Å². The first-order valence-corrected chi connectivity index (χ1v) is 6.14. The lowest BCUT2D eigenvalue weighted by Crippen LogP contribution is -2.25. The first-order valence-electron chi connectivity index (χ1n) is 3.90. The molecule has 0 amide bonds. The van der Waals surface area contributed by atoms with Crippen LogP contribution < -0.4 is 0 Å². The normalized spacial score (nSPS) is 23.8. The fourth-order valence-electron chi connectivity index (χ4n) is 1.16. The van der Waals surface area contributed by atoms with Crippen molar-refractivity contribution in [1.82, 2.24) is 4.31 Å². The van der Waals surface area contributed by atoms with Crippen LogP contribution in [0.5, 0.6) is 0 Å². The molecule has 1 rings (SSSR count). The maximum absolute atomic E-state index is 11.2. The van der Waals surface area contributed by atoms with E-state index in [0.29, 0.717) is 24.6 Å². The van der Waals surface area contributed by atoms with Crippen molar-refractivity contribution in [2.75, 3.05) is 24.6 Å². The second-order valence-electron chi connectivity index (χ2n) is 2.68. The summed E-state index contributed by atoms with van der Waals surface area (Å²) in [5.41, 5.74) is 0. The zero-order valence-electron chi connectivity index (χ0n) is 6.81. The van der Waals surface area contributed by atoms with Gasteiger partial charge in [0.25, 0.3) is 0 Å². The van der Waals surface area contributed by atoms with E-state index in [4.69, 9.17) is 0 Å². The van der Waals surface area contributed by atoms with Crippen LogP contribution in [0.4, 0.5) is 0 Å². The Balaban J connectivity index is 2.48. The Labute approximate surface area is 78.9 Å². The third-order valence-corrected chi connectivity index (χ3v) is 3.92. The van der Waals surface area contributed by atoms with Crippen LogP contribution in [-0.2, 0) is 10.0 Å². The van der Waals surface area contributed by atoms with Crippen molar-refractivity contribution in [2.24, 2.45) is 0 Å².